The normalized spacial score (nSPS) is 12.6. The van der Waals surface area contributed by atoms with Gasteiger partial charge in [0.05, 0.1) is 6.04 Å². The molecule has 220 valence electrons. The number of hydrogen-bond acceptors (Lipinski definition) is 7. The molecule has 0 spiro atoms. The van der Waals surface area contributed by atoms with Gasteiger partial charge in [0, 0.05) is 6.42 Å². The Bertz CT molecular complexity index is 1320. The van der Waals surface area contributed by atoms with Crippen molar-refractivity contribution in [2.24, 2.45) is 11.8 Å². The lowest BCUT2D eigenvalue weighted by Gasteiger charge is -2.24. The van der Waals surface area contributed by atoms with Crippen LogP contribution < -0.4 is 16.4 Å². The van der Waals surface area contributed by atoms with Crippen molar-refractivity contribution in [2.75, 3.05) is 0 Å². The first-order chi connectivity index (χ1) is 19.6. The molecule has 0 bridgehead atoms. The van der Waals surface area contributed by atoms with Gasteiger partial charge in [-0.3, -0.25) is 9.59 Å². The van der Waals surface area contributed by atoms with E-state index in [4.69, 9.17) is 9.15 Å². The molecule has 10 nitrogen and oxygen atoms in total. The van der Waals surface area contributed by atoms with Gasteiger partial charge in [-0.05, 0) is 42.2 Å². The lowest BCUT2D eigenvalue weighted by Crippen LogP contribution is -2.53. The van der Waals surface area contributed by atoms with Gasteiger partial charge in [0.25, 0.3) is 0 Å². The molecule has 2 atom stereocenters. The number of aryl methyl sites for hydroxylation is 2. The number of alkyl carbamates (subject to hydrolysis) is 1. The van der Waals surface area contributed by atoms with Gasteiger partial charge in [0.15, 0.2) is 5.78 Å². The van der Waals surface area contributed by atoms with Gasteiger partial charge in [0.1, 0.15) is 19.2 Å². The van der Waals surface area contributed by atoms with Gasteiger partial charge in [0.2, 0.25) is 11.8 Å². The van der Waals surface area contributed by atoms with E-state index in [0.29, 0.717) is 25.7 Å². The molecular weight excluding hydrogens is 524 g/mol. The van der Waals surface area contributed by atoms with Crippen LogP contribution in [-0.2, 0) is 40.3 Å². The molecule has 10 heteroatoms. The first kappa shape index (κ1) is 31.3. The summed E-state index contributed by atoms with van der Waals surface area (Å²) in [5.74, 6) is -1.20. The lowest BCUT2D eigenvalue weighted by atomic mass is 9.98. The molecule has 3 aromatic rings. The third kappa shape index (κ3) is 10.7. The van der Waals surface area contributed by atoms with Crippen LogP contribution in [0.3, 0.4) is 0 Å². The van der Waals surface area contributed by atoms with Crippen LogP contribution in [0.4, 0.5) is 4.79 Å². The molecule has 0 unspecified atom stereocenters. The van der Waals surface area contributed by atoms with E-state index in [0.717, 1.165) is 15.8 Å². The van der Waals surface area contributed by atoms with E-state index in [-0.39, 0.29) is 36.7 Å². The molecule has 0 fully saturated rings. The Labute approximate surface area is 240 Å². The first-order valence-electron chi connectivity index (χ1n) is 14.0. The number of aromatic nitrogens is 2. The molecule has 0 aliphatic rings. The number of hydrogen-bond donors (Lipinski definition) is 2. The average Bonchev–Trinajstić information content (AvgIpc) is 3.29. The molecule has 0 saturated carbocycles. The SMILES string of the molecule is CC(C)C[C@H](NC(=O)[C@H](CC(C)C)NC(=O)OCc1ccccc1)C(=O)Cn1nc(CCc2ccccc2)oc1=O. The van der Waals surface area contributed by atoms with Crippen molar-refractivity contribution in [3.8, 4) is 0 Å². The molecule has 1 heterocycles. The molecule has 0 aliphatic heterocycles. The minimum absolute atomic E-state index is 0.0664. The van der Waals surface area contributed by atoms with Gasteiger partial charge in [-0.1, -0.05) is 88.4 Å². The topological polar surface area (TPSA) is 133 Å². The fourth-order valence-electron chi connectivity index (χ4n) is 4.33. The molecule has 2 amide bonds. The summed E-state index contributed by atoms with van der Waals surface area (Å²) < 4.78 is 11.5. The summed E-state index contributed by atoms with van der Waals surface area (Å²) in [4.78, 5) is 51.5. The minimum Gasteiger partial charge on any atom is -0.445 e. The standard InChI is InChI=1S/C31H40N4O6/c1-21(2)17-25(27(36)19-35-31(39)41-28(34-35)16-15-23-11-7-5-8-12-23)32-29(37)26(18-22(3)4)33-30(38)40-20-24-13-9-6-10-14-24/h5-14,21-22,25-26H,15-20H2,1-4H3,(H,32,37)(H,33,38)/t25-,26-/m0/s1. The Morgan fingerprint density at radius 3 is 2.02 bits per heavy atom. The average molecular weight is 565 g/mol. The van der Waals surface area contributed by atoms with E-state index in [1.54, 1.807) is 0 Å². The van der Waals surface area contributed by atoms with Crippen molar-refractivity contribution in [3.05, 3.63) is 88.2 Å². The minimum atomic E-state index is -0.903. The zero-order chi connectivity index (χ0) is 29.8. The van der Waals surface area contributed by atoms with Crippen molar-refractivity contribution in [1.29, 1.82) is 0 Å². The highest BCUT2D eigenvalue weighted by atomic mass is 16.5. The first-order valence-corrected chi connectivity index (χ1v) is 14.0. The molecule has 3 rings (SSSR count). The van der Waals surface area contributed by atoms with E-state index in [1.807, 2.05) is 88.4 Å². The summed E-state index contributed by atoms with van der Waals surface area (Å²) in [7, 11) is 0. The molecule has 2 N–H and O–H groups in total. The number of rotatable bonds is 15. The van der Waals surface area contributed by atoms with Crippen LogP contribution in [0, 0.1) is 11.8 Å². The van der Waals surface area contributed by atoms with Gasteiger partial charge in [-0.25, -0.2) is 9.59 Å². The number of benzene rings is 2. The maximum Gasteiger partial charge on any atom is 0.437 e. The number of nitrogens with one attached hydrogen (secondary N) is 2. The number of carbonyl (C=O) groups is 3. The summed E-state index contributed by atoms with van der Waals surface area (Å²) in [6.45, 7) is 7.45. The third-order valence-electron chi connectivity index (χ3n) is 6.36. The molecule has 41 heavy (non-hydrogen) atoms. The lowest BCUT2D eigenvalue weighted by molar-refractivity contribution is -0.130. The third-order valence-corrected chi connectivity index (χ3v) is 6.36. The van der Waals surface area contributed by atoms with Crippen molar-refractivity contribution >= 4 is 17.8 Å². The van der Waals surface area contributed by atoms with Crippen molar-refractivity contribution in [3.63, 3.8) is 0 Å². The second kappa shape index (κ2) is 15.5. The second-order valence-electron chi connectivity index (χ2n) is 11.0. The zero-order valence-electron chi connectivity index (χ0n) is 24.2. The van der Waals surface area contributed by atoms with E-state index in [2.05, 4.69) is 15.7 Å². The summed E-state index contributed by atoms with van der Waals surface area (Å²) in [5, 5.41) is 9.63. The van der Waals surface area contributed by atoms with Crippen molar-refractivity contribution in [1.82, 2.24) is 20.4 Å². The van der Waals surface area contributed by atoms with E-state index >= 15 is 0 Å². The van der Waals surface area contributed by atoms with Gasteiger partial charge >= 0.3 is 11.8 Å². The monoisotopic (exact) mass is 564 g/mol. The van der Waals surface area contributed by atoms with Crippen molar-refractivity contribution < 1.29 is 23.5 Å². The Balaban J connectivity index is 1.63. The van der Waals surface area contributed by atoms with E-state index in [9.17, 15) is 19.2 Å². The maximum absolute atomic E-state index is 13.3. The van der Waals surface area contributed by atoms with Crippen LogP contribution in [0.5, 0.6) is 0 Å². The predicted octanol–water partition coefficient (Wildman–Crippen LogP) is 4.06. The predicted molar refractivity (Wildman–Crippen MR) is 154 cm³/mol. The van der Waals surface area contributed by atoms with Gasteiger partial charge in [-0.15, -0.1) is 5.10 Å². The van der Waals surface area contributed by atoms with Crippen LogP contribution >= 0.6 is 0 Å². The fraction of sp³-hybridized carbons (Fsp3) is 0.452. The van der Waals surface area contributed by atoms with E-state index in [1.165, 1.54) is 0 Å². The highest BCUT2D eigenvalue weighted by molar-refractivity contribution is 5.92. The number of amides is 2. The molecule has 1 aromatic heterocycles. The quantitative estimate of drug-likeness (QED) is 0.284. The summed E-state index contributed by atoms with van der Waals surface area (Å²) >= 11 is 0. The van der Waals surface area contributed by atoms with E-state index < -0.39 is 29.8 Å². The molecule has 2 aromatic carbocycles. The molecular formula is C31H40N4O6. The smallest absolute Gasteiger partial charge is 0.437 e. The van der Waals surface area contributed by atoms with Gasteiger partial charge < -0.3 is 19.8 Å². The number of nitrogens with zero attached hydrogens (tertiary/aromatic N) is 2. The molecule has 0 aliphatic carbocycles. The largest absolute Gasteiger partial charge is 0.445 e. The van der Waals surface area contributed by atoms with Crippen molar-refractivity contribution in [2.45, 2.75) is 78.6 Å². The zero-order valence-corrected chi connectivity index (χ0v) is 24.2. The highest BCUT2D eigenvalue weighted by Crippen LogP contribution is 2.11. The second-order valence-corrected chi connectivity index (χ2v) is 11.0. The fourth-order valence-corrected chi connectivity index (χ4v) is 4.33. The van der Waals surface area contributed by atoms with Crippen LogP contribution in [0.15, 0.2) is 69.9 Å². The van der Waals surface area contributed by atoms with Gasteiger partial charge in [-0.2, -0.15) is 4.68 Å². The summed E-state index contributed by atoms with van der Waals surface area (Å²) in [6.07, 6.45) is 1.03. The van der Waals surface area contributed by atoms with Crippen LogP contribution in [0.25, 0.3) is 0 Å². The number of Topliss-reactive ketones (excluding diaryl/α,β-unsaturated/α-hetero) is 1. The maximum atomic E-state index is 13.3. The molecule has 0 saturated heterocycles. The Kier molecular flexibility index (Phi) is 11.9. The number of carbonyl (C=O) groups excluding carboxylic acids is 3. The highest BCUT2D eigenvalue weighted by Gasteiger charge is 2.29. The Morgan fingerprint density at radius 1 is 0.829 bits per heavy atom. The van der Waals surface area contributed by atoms with Crippen LogP contribution in [-0.4, -0.2) is 39.6 Å². The number of ketones is 1. The van der Waals surface area contributed by atoms with Crippen LogP contribution in [0.2, 0.25) is 0 Å². The molecule has 0 radical (unpaired) electrons. The summed E-state index contributed by atoms with van der Waals surface area (Å²) in [6, 6.07) is 17.2. The van der Waals surface area contributed by atoms with Crippen LogP contribution in [0.1, 0.15) is 57.6 Å². The summed E-state index contributed by atoms with van der Waals surface area (Å²) in [5.41, 5.74) is 1.90. The number of ether oxygens (including phenoxy) is 1. The Hall–Kier alpha value is -4.21. The Morgan fingerprint density at radius 2 is 1.41 bits per heavy atom.